The molecule has 0 radical (unpaired) electrons. The van der Waals surface area contributed by atoms with Crippen LogP contribution in [0.4, 0.5) is 4.79 Å². The van der Waals surface area contributed by atoms with Crippen molar-refractivity contribution in [1.29, 1.82) is 0 Å². The van der Waals surface area contributed by atoms with Crippen LogP contribution in [0.3, 0.4) is 0 Å². The second-order valence-corrected chi connectivity index (χ2v) is 9.78. The molecule has 0 aromatic carbocycles. The SMILES string of the molecule is Cc1nc(CCNC(=O)CN2C(=O)N[C@@]3(C[C@H](C)CC(C)(C)C3)C2=O)cs1. The summed E-state index contributed by atoms with van der Waals surface area (Å²) in [6, 6.07) is -0.463. The van der Waals surface area contributed by atoms with Crippen molar-refractivity contribution in [2.45, 2.75) is 58.9 Å². The van der Waals surface area contributed by atoms with Gasteiger partial charge in [0, 0.05) is 18.3 Å². The molecular formula is C19H28N4O3S. The lowest BCUT2D eigenvalue weighted by molar-refractivity contribution is -0.137. The molecule has 1 saturated carbocycles. The lowest BCUT2D eigenvalue weighted by Crippen LogP contribution is -2.54. The largest absolute Gasteiger partial charge is 0.354 e. The Morgan fingerprint density at radius 1 is 1.41 bits per heavy atom. The predicted molar refractivity (Wildman–Crippen MR) is 103 cm³/mol. The molecule has 1 aromatic heterocycles. The fraction of sp³-hybridized carbons (Fsp3) is 0.684. The van der Waals surface area contributed by atoms with Gasteiger partial charge in [-0.25, -0.2) is 9.78 Å². The lowest BCUT2D eigenvalue weighted by Gasteiger charge is -2.43. The number of carbonyl (C=O) groups is 3. The van der Waals surface area contributed by atoms with Gasteiger partial charge in [-0.3, -0.25) is 14.5 Å². The van der Waals surface area contributed by atoms with Gasteiger partial charge in [-0.1, -0.05) is 20.8 Å². The number of rotatable bonds is 5. The van der Waals surface area contributed by atoms with Gasteiger partial charge in [-0.2, -0.15) is 0 Å². The van der Waals surface area contributed by atoms with Crippen LogP contribution in [0.15, 0.2) is 5.38 Å². The normalized spacial score (nSPS) is 27.1. The third-order valence-electron chi connectivity index (χ3n) is 5.30. The van der Waals surface area contributed by atoms with Gasteiger partial charge in [-0.15, -0.1) is 11.3 Å². The van der Waals surface area contributed by atoms with Crippen LogP contribution in [0.2, 0.25) is 0 Å². The van der Waals surface area contributed by atoms with E-state index in [2.05, 4.69) is 36.4 Å². The van der Waals surface area contributed by atoms with Crippen molar-refractivity contribution in [2.24, 2.45) is 11.3 Å². The highest BCUT2D eigenvalue weighted by Crippen LogP contribution is 2.46. The third-order valence-corrected chi connectivity index (χ3v) is 6.12. The number of nitrogens with one attached hydrogen (secondary N) is 2. The summed E-state index contributed by atoms with van der Waals surface area (Å²) in [4.78, 5) is 43.1. The van der Waals surface area contributed by atoms with Gasteiger partial charge >= 0.3 is 6.03 Å². The van der Waals surface area contributed by atoms with Crippen LogP contribution in [-0.4, -0.2) is 46.4 Å². The molecule has 7 nitrogen and oxygen atoms in total. The molecule has 2 atom stereocenters. The monoisotopic (exact) mass is 392 g/mol. The molecule has 0 bridgehead atoms. The molecule has 2 fully saturated rings. The van der Waals surface area contributed by atoms with E-state index in [1.54, 1.807) is 11.3 Å². The molecule has 1 aromatic rings. The molecular weight excluding hydrogens is 364 g/mol. The third kappa shape index (κ3) is 4.31. The molecule has 3 rings (SSSR count). The quantitative estimate of drug-likeness (QED) is 0.752. The summed E-state index contributed by atoms with van der Waals surface area (Å²) in [5.74, 6) is -0.253. The van der Waals surface area contributed by atoms with Crippen LogP contribution in [0.5, 0.6) is 0 Å². The van der Waals surface area contributed by atoms with E-state index in [9.17, 15) is 14.4 Å². The zero-order valence-electron chi connectivity index (χ0n) is 16.4. The summed E-state index contributed by atoms with van der Waals surface area (Å²) in [5.41, 5.74) is 0.0476. The van der Waals surface area contributed by atoms with Crippen molar-refractivity contribution < 1.29 is 14.4 Å². The Labute approximate surface area is 163 Å². The summed E-state index contributed by atoms with van der Waals surface area (Å²) in [7, 11) is 0. The van der Waals surface area contributed by atoms with Gasteiger partial charge in [0.25, 0.3) is 5.91 Å². The summed E-state index contributed by atoms with van der Waals surface area (Å²) in [5, 5.41) is 8.63. The Balaban J connectivity index is 1.57. The molecule has 1 aliphatic heterocycles. The molecule has 4 amide bonds. The highest BCUT2D eigenvalue weighted by Gasteiger charge is 2.56. The highest BCUT2D eigenvalue weighted by molar-refractivity contribution is 7.09. The van der Waals surface area contributed by atoms with Crippen molar-refractivity contribution in [3.63, 3.8) is 0 Å². The Bertz CT molecular complexity index is 760. The Hall–Kier alpha value is -1.96. The van der Waals surface area contributed by atoms with Crippen LogP contribution >= 0.6 is 11.3 Å². The van der Waals surface area contributed by atoms with E-state index >= 15 is 0 Å². The molecule has 1 spiro atoms. The van der Waals surface area contributed by atoms with Crippen molar-refractivity contribution in [2.75, 3.05) is 13.1 Å². The molecule has 2 N–H and O–H groups in total. The van der Waals surface area contributed by atoms with Gasteiger partial charge < -0.3 is 10.6 Å². The van der Waals surface area contributed by atoms with Crippen LogP contribution in [-0.2, 0) is 16.0 Å². The van der Waals surface area contributed by atoms with Crippen LogP contribution < -0.4 is 10.6 Å². The molecule has 2 heterocycles. The number of aryl methyl sites for hydroxylation is 1. The minimum atomic E-state index is -0.864. The minimum absolute atomic E-state index is 0.0233. The number of imide groups is 1. The molecule has 8 heteroatoms. The maximum absolute atomic E-state index is 13.0. The smallest absolute Gasteiger partial charge is 0.325 e. The van der Waals surface area contributed by atoms with E-state index in [0.29, 0.717) is 31.7 Å². The first-order valence-corrected chi connectivity index (χ1v) is 10.3. The van der Waals surface area contributed by atoms with E-state index in [1.807, 2.05) is 12.3 Å². The summed E-state index contributed by atoms with van der Waals surface area (Å²) < 4.78 is 0. The van der Waals surface area contributed by atoms with E-state index in [0.717, 1.165) is 22.0 Å². The average molecular weight is 393 g/mol. The van der Waals surface area contributed by atoms with Crippen LogP contribution in [0.25, 0.3) is 0 Å². The first-order valence-electron chi connectivity index (χ1n) is 9.42. The molecule has 2 aliphatic rings. The zero-order chi connectivity index (χ0) is 19.8. The summed E-state index contributed by atoms with van der Waals surface area (Å²) >= 11 is 1.57. The van der Waals surface area contributed by atoms with Crippen molar-refractivity contribution in [1.82, 2.24) is 20.5 Å². The number of thiazole rings is 1. The lowest BCUT2D eigenvalue weighted by atomic mass is 9.64. The van der Waals surface area contributed by atoms with E-state index in [4.69, 9.17) is 0 Å². The zero-order valence-corrected chi connectivity index (χ0v) is 17.2. The maximum atomic E-state index is 13.0. The van der Waals surface area contributed by atoms with Gasteiger partial charge in [0.05, 0.1) is 10.7 Å². The number of amides is 4. The first kappa shape index (κ1) is 19.8. The van der Waals surface area contributed by atoms with Gasteiger partial charge in [-0.05, 0) is 37.5 Å². The number of nitrogens with zero attached hydrogens (tertiary/aromatic N) is 2. The standard InChI is InChI=1S/C19H28N4O3S/c1-12-7-18(3,4)11-19(8-12)16(25)23(17(26)22-19)9-15(24)20-6-5-14-10-27-13(2)21-14/h10,12H,5-9,11H2,1-4H3,(H,20,24)(H,22,26)/t12-,19-/m1/s1. The van der Waals surface area contributed by atoms with E-state index in [1.165, 1.54) is 0 Å². The topological polar surface area (TPSA) is 91.4 Å². The second-order valence-electron chi connectivity index (χ2n) is 8.72. The van der Waals surface area contributed by atoms with E-state index < -0.39 is 11.6 Å². The van der Waals surface area contributed by atoms with E-state index in [-0.39, 0.29) is 23.8 Å². The van der Waals surface area contributed by atoms with Crippen molar-refractivity contribution >= 4 is 29.2 Å². The molecule has 0 unspecified atom stereocenters. The van der Waals surface area contributed by atoms with Gasteiger partial charge in [0.1, 0.15) is 12.1 Å². The number of hydrogen-bond donors (Lipinski definition) is 2. The number of urea groups is 1. The molecule has 148 valence electrons. The predicted octanol–water partition coefficient (Wildman–Crippen LogP) is 2.25. The highest BCUT2D eigenvalue weighted by atomic mass is 32.1. The van der Waals surface area contributed by atoms with Crippen LogP contribution in [0.1, 0.15) is 50.7 Å². The summed E-state index contributed by atoms with van der Waals surface area (Å²) in [6.07, 6.45) is 2.89. The second kappa shape index (κ2) is 7.22. The Morgan fingerprint density at radius 2 is 2.15 bits per heavy atom. The average Bonchev–Trinajstić information content (AvgIpc) is 3.02. The first-order chi connectivity index (χ1) is 12.6. The minimum Gasteiger partial charge on any atom is -0.354 e. The molecule has 1 aliphatic carbocycles. The van der Waals surface area contributed by atoms with Gasteiger partial charge in [0.2, 0.25) is 5.91 Å². The number of aromatic nitrogens is 1. The maximum Gasteiger partial charge on any atom is 0.325 e. The Morgan fingerprint density at radius 3 is 2.78 bits per heavy atom. The fourth-order valence-electron chi connectivity index (χ4n) is 4.70. The summed E-state index contributed by atoms with van der Waals surface area (Å²) in [6.45, 7) is 8.49. The van der Waals surface area contributed by atoms with Gasteiger partial charge in [0.15, 0.2) is 0 Å². The number of carbonyl (C=O) groups excluding carboxylic acids is 3. The van der Waals surface area contributed by atoms with Crippen molar-refractivity contribution in [3.05, 3.63) is 16.1 Å². The Kier molecular flexibility index (Phi) is 5.29. The number of hydrogen-bond acceptors (Lipinski definition) is 5. The molecule has 1 saturated heterocycles. The molecule has 27 heavy (non-hydrogen) atoms. The fourth-order valence-corrected chi connectivity index (χ4v) is 5.35. The van der Waals surface area contributed by atoms with Crippen LogP contribution in [0, 0.1) is 18.3 Å². The van der Waals surface area contributed by atoms with Crippen molar-refractivity contribution in [3.8, 4) is 0 Å².